The van der Waals surface area contributed by atoms with Gasteiger partial charge in [0, 0.05) is 42.9 Å². The van der Waals surface area contributed by atoms with Gasteiger partial charge in [0.1, 0.15) is 0 Å². The highest BCUT2D eigenvalue weighted by molar-refractivity contribution is 5.79. The summed E-state index contributed by atoms with van der Waals surface area (Å²) in [5.41, 5.74) is 4.50. The smallest absolute Gasteiger partial charge is 0.225 e. The van der Waals surface area contributed by atoms with Gasteiger partial charge >= 0.3 is 0 Å². The third kappa shape index (κ3) is 5.19. The molecule has 0 N–H and O–H groups in total. The molecule has 2 aliphatic heterocycles. The van der Waals surface area contributed by atoms with E-state index in [1.54, 1.807) is 0 Å². The molecule has 2 fully saturated rings. The number of benzene rings is 2. The number of hydrogen-bond donors (Lipinski definition) is 0. The van der Waals surface area contributed by atoms with Crippen molar-refractivity contribution in [1.82, 2.24) is 19.6 Å². The van der Waals surface area contributed by atoms with Gasteiger partial charge in [0.05, 0.1) is 11.4 Å². The summed E-state index contributed by atoms with van der Waals surface area (Å²) in [6.07, 6.45) is 8.96. The van der Waals surface area contributed by atoms with E-state index < -0.39 is 0 Å². The molecule has 0 radical (unpaired) electrons. The second kappa shape index (κ2) is 10.3. The molecule has 1 amide bonds. The first-order valence-electron chi connectivity index (χ1n) is 12.5. The average molecular weight is 443 g/mol. The van der Waals surface area contributed by atoms with Gasteiger partial charge in [-0.05, 0) is 50.9 Å². The van der Waals surface area contributed by atoms with Crippen LogP contribution in [0.2, 0.25) is 0 Å². The van der Waals surface area contributed by atoms with Gasteiger partial charge in [-0.3, -0.25) is 9.69 Å². The maximum absolute atomic E-state index is 13.1. The Kier molecular flexibility index (Phi) is 6.87. The second-order valence-corrected chi connectivity index (χ2v) is 9.44. The summed E-state index contributed by atoms with van der Waals surface area (Å²) in [6.45, 7) is 4.71. The lowest BCUT2D eigenvalue weighted by Crippen LogP contribution is -2.42. The van der Waals surface area contributed by atoms with Crippen molar-refractivity contribution in [3.8, 4) is 16.9 Å². The van der Waals surface area contributed by atoms with Crippen LogP contribution in [0.1, 0.15) is 44.1 Å². The summed E-state index contributed by atoms with van der Waals surface area (Å²) in [5, 5.41) is 4.96. The van der Waals surface area contributed by atoms with Crippen LogP contribution in [-0.4, -0.2) is 51.7 Å². The molecule has 0 saturated carbocycles. The van der Waals surface area contributed by atoms with Crippen LogP contribution in [0.5, 0.6) is 0 Å². The van der Waals surface area contributed by atoms with E-state index in [1.165, 1.54) is 18.4 Å². The lowest BCUT2D eigenvalue weighted by molar-refractivity contribution is -0.137. The SMILES string of the molecule is O=C(C1CCN(Cc2cn(-c3ccccc3)nc2-c2ccccc2)CC1)N1CCCCCC1. The molecule has 2 aromatic carbocycles. The molecule has 5 nitrogen and oxygen atoms in total. The van der Waals surface area contributed by atoms with Gasteiger partial charge in [0.2, 0.25) is 5.91 Å². The van der Waals surface area contributed by atoms with Crippen LogP contribution >= 0.6 is 0 Å². The molecule has 2 aliphatic rings. The summed E-state index contributed by atoms with van der Waals surface area (Å²) in [5.74, 6) is 0.596. The molecule has 5 rings (SSSR count). The zero-order valence-electron chi connectivity index (χ0n) is 19.4. The monoisotopic (exact) mass is 442 g/mol. The van der Waals surface area contributed by atoms with Crippen molar-refractivity contribution in [2.24, 2.45) is 5.92 Å². The van der Waals surface area contributed by atoms with Crippen molar-refractivity contribution in [2.75, 3.05) is 26.2 Å². The van der Waals surface area contributed by atoms with Crippen LogP contribution in [0.3, 0.4) is 0 Å². The molecular formula is C28H34N4O. The van der Waals surface area contributed by atoms with Gasteiger partial charge in [-0.1, -0.05) is 61.4 Å². The molecule has 1 aromatic heterocycles. The molecular weight excluding hydrogens is 408 g/mol. The molecule has 33 heavy (non-hydrogen) atoms. The van der Waals surface area contributed by atoms with Gasteiger partial charge in [-0.25, -0.2) is 4.68 Å². The first-order valence-corrected chi connectivity index (χ1v) is 12.5. The Morgan fingerprint density at radius 1 is 0.818 bits per heavy atom. The number of rotatable bonds is 5. The van der Waals surface area contributed by atoms with E-state index in [2.05, 4.69) is 52.4 Å². The van der Waals surface area contributed by atoms with Crippen molar-refractivity contribution in [3.05, 3.63) is 72.4 Å². The van der Waals surface area contributed by atoms with Crippen LogP contribution in [0.15, 0.2) is 66.9 Å². The summed E-state index contributed by atoms with van der Waals surface area (Å²) in [6, 6.07) is 20.8. The molecule has 3 aromatic rings. The van der Waals surface area contributed by atoms with E-state index in [0.29, 0.717) is 5.91 Å². The number of piperidine rings is 1. The predicted octanol–water partition coefficient (Wildman–Crippen LogP) is 5.15. The minimum atomic E-state index is 0.194. The predicted molar refractivity (Wildman–Crippen MR) is 132 cm³/mol. The number of para-hydroxylation sites is 1. The first kappa shape index (κ1) is 21.9. The first-order chi connectivity index (χ1) is 16.3. The number of hydrogen-bond acceptors (Lipinski definition) is 3. The number of carbonyl (C=O) groups is 1. The zero-order chi connectivity index (χ0) is 22.5. The minimum absolute atomic E-state index is 0.194. The minimum Gasteiger partial charge on any atom is -0.342 e. The number of amides is 1. The van der Waals surface area contributed by atoms with Gasteiger partial charge in [0.15, 0.2) is 0 Å². The standard InChI is InChI=1S/C28H34N4O/c33-28(31-17-9-1-2-10-18-31)24-15-19-30(20-16-24)21-25-22-32(26-13-7-4-8-14-26)29-27(25)23-11-5-3-6-12-23/h3-8,11-14,22,24H,1-2,9-10,15-21H2. The van der Waals surface area contributed by atoms with E-state index in [0.717, 1.165) is 75.4 Å². The molecule has 5 heteroatoms. The largest absolute Gasteiger partial charge is 0.342 e. The topological polar surface area (TPSA) is 41.4 Å². The highest BCUT2D eigenvalue weighted by Gasteiger charge is 2.29. The Labute approximate surface area is 197 Å². The van der Waals surface area contributed by atoms with Crippen molar-refractivity contribution in [3.63, 3.8) is 0 Å². The fourth-order valence-corrected chi connectivity index (χ4v) is 5.21. The molecule has 172 valence electrons. The fraction of sp³-hybridized carbons (Fsp3) is 0.429. The number of aromatic nitrogens is 2. The third-order valence-electron chi connectivity index (χ3n) is 7.11. The molecule has 0 unspecified atom stereocenters. The lowest BCUT2D eigenvalue weighted by atomic mass is 9.94. The van der Waals surface area contributed by atoms with Crippen molar-refractivity contribution < 1.29 is 4.79 Å². The van der Waals surface area contributed by atoms with E-state index in [1.807, 2.05) is 28.9 Å². The summed E-state index contributed by atoms with van der Waals surface area (Å²) in [7, 11) is 0. The maximum atomic E-state index is 13.1. The molecule has 3 heterocycles. The highest BCUT2D eigenvalue weighted by Crippen LogP contribution is 2.27. The Balaban J connectivity index is 1.28. The number of carbonyl (C=O) groups excluding carboxylic acids is 1. The summed E-state index contributed by atoms with van der Waals surface area (Å²) >= 11 is 0. The highest BCUT2D eigenvalue weighted by atomic mass is 16.2. The van der Waals surface area contributed by atoms with Crippen LogP contribution in [-0.2, 0) is 11.3 Å². The van der Waals surface area contributed by atoms with E-state index in [4.69, 9.17) is 5.10 Å². The molecule has 0 aliphatic carbocycles. The number of likely N-dealkylation sites (tertiary alicyclic amines) is 2. The van der Waals surface area contributed by atoms with Gasteiger partial charge in [-0.15, -0.1) is 0 Å². The zero-order valence-corrected chi connectivity index (χ0v) is 19.4. The quantitative estimate of drug-likeness (QED) is 0.548. The Morgan fingerprint density at radius 3 is 2.12 bits per heavy atom. The summed E-state index contributed by atoms with van der Waals surface area (Å²) < 4.78 is 1.99. The van der Waals surface area contributed by atoms with Crippen LogP contribution in [0.4, 0.5) is 0 Å². The van der Waals surface area contributed by atoms with Gasteiger partial charge < -0.3 is 4.90 Å². The van der Waals surface area contributed by atoms with Crippen molar-refractivity contribution in [2.45, 2.75) is 45.1 Å². The van der Waals surface area contributed by atoms with Crippen LogP contribution in [0, 0.1) is 5.92 Å². The Bertz CT molecular complexity index is 1030. The lowest BCUT2D eigenvalue weighted by Gasteiger charge is -2.34. The molecule has 0 bridgehead atoms. The van der Waals surface area contributed by atoms with Crippen LogP contribution in [0.25, 0.3) is 16.9 Å². The van der Waals surface area contributed by atoms with E-state index in [-0.39, 0.29) is 5.92 Å². The van der Waals surface area contributed by atoms with Crippen LogP contribution < -0.4 is 0 Å². The van der Waals surface area contributed by atoms with Crippen molar-refractivity contribution in [1.29, 1.82) is 0 Å². The summed E-state index contributed by atoms with van der Waals surface area (Å²) in [4.78, 5) is 17.7. The maximum Gasteiger partial charge on any atom is 0.225 e. The Morgan fingerprint density at radius 2 is 1.45 bits per heavy atom. The second-order valence-electron chi connectivity index (χ2n) is 9.44. The third-order valence-corrected chi connectivity index (χ3v) is 7.11. The molecule has 0 atom stereocenters. The number of nitrogens with zero attached hydrogens (tertiary/aromatic N) is 4. The van der Waals surface area contributed by atoms with Gasteiger partial charge in [-0.2, -0.15) is 5.10 Å². The van der Waals surface area contributed by atoms with Gasteiger partial charge in [0.25, 0.3) is 0 Å². The van der Waals surface area contributed by atoms with Crippen molar-refractivity contribution >= 4 is 5.91 Å². The molecule has 0 spiro atoms. The fourth-order valence-electron chi connectivity index (χ4n) is 5.21. The normalized spacial score (nSPS) is 18.2. The van der Waals surface area contributed by atoms with E-state index in [9.17, 15) is 4.79 Å². The van der Waals surface area contributed by atoms with E-state index >= 15 is 0 Å². The molecule has 2 saturated heterocycles. The average Bonchev–Trinajstić information content (AvgIpc) is 3.10. The Hall–Kier alpha value is -2.92.